The van der Waals surface area contributed by atoms with Crippen molar-refractivity contribution < 1.29 is 23.1 Å². The molecule has 0 radical (unpaired) electrons. The highest BCUT2D eigenvalue weighted by Gasteiger charge is 2.25. The van der Waals surface area contributed by atoms with E-state index in [4.69, 9.17) is 5.11 Å². The van der Waals surface area contributed by atoms with E-state index in [1.165, 1.54) is 35.6 Å². The van der Waals surface area contributed by atoms with Crippen molar-refractivity contribution in [1.29, 1.82) is 0 Å². The van der Waals surface area contributed by atoms with Crippen LogP contribution < -0.4 is 5.32 Å². The first kappa shape index (κ1) is 20.1. The molecule has 1 aromatic rings. The molecule has 0 aromatic heterocycles. The van der Waals surface area contributed by atoms with Gasteiger partial charge in [0, 0.05) is 18.7 Å². The zero-order valence-corrected chi connectivity index (χ0v) is 15.3. The summed E-state index contributed by atoms with van der Waals surface area (Å²) in [6.07, 6.45) is 0. The van der Waals surface area contributed by atoms with Crippen LogP contribution in [-0.4, -0.2) is 48.8 Å². The van der Waals surface area contributed by atoms with Crippen molar-refractivity contribution in [1.82, 2.24) is 9.62 Å². The number of nitrogens with zero attached hydrogens (tertiary/aromatic N) is 1. The van der Waals surface area contributed by atoms with Crippen LogP contribution in [0.4, 0.5) is 0 Å². The van der Waals surface area contributed by atoms with Gasteiger partial charge in [-0.1, -0.05) is 13.8 Å². The molecule has 0 saturated heterocycles. The molecule has 0 aliphatic heterocycles. The van der Waals surface area contributed by atoms with Gasteiger partial charge in [0.05, 0.1) is 4.90 Å². The van der Waals surface area contributed by atoms with E-state index in [0.717, 1.165) is 0 Å². The van der Waals surface area contributed by atoms with Gasteiger partial charge in [-0.05, 0) is 44.0 Å². The molecule has 0 saturated carbocycles. The molecule has 1 amide bonds. The molecule has 8 heteroatoms. The highest BCUT2D eigenvalue weighted by Crippen LogP contribution is 2.17. The van der Waals surface area contributed by atoms with Crippen molar-refractivity contribution in [2.45, 2.75) is 44.7 Å². The van der Waals surface area contributed by atoms with Crippen molar-refractivity contribution in [3.8, 4) is 0 Å². The summed E-state index contributed by atoms with van der Waals surface area (Å²) in [4.78, 5) is 23.3. The molecule has 0 spiro atoms. The van der Waals surface area contributed by atoms with E-state index < -0.39 is 27.9 Å². The van der Waals surface area contributed by atoms with Crippen LogP contribution >= 0.6 is 0 Å². The monoisotopic (exact) mass is 356 g/mol. The zero-order valence-electron chi connectivity index (χ0n) is 14.5. The van der Waals surface area contributed by atoms with Gasteiger partial charge in [-0.2, -0.15) is 4.31 Å². The standard InChI is InChI=1S/C16H24N2O5S/c1-10(2)14(16(20)21)17-15(19)12-6-8-13(9-7-12)24(22,23)18(5)11(3)4/h6-11,14H,1-5H3,(H,17,19)(H,20,21)/t14-/m1/s1. The Labute approximate surface area is 142 Å². The normalized spacial score (nSPS) is 13.3. The maximum atomic E-state index is 12.4. The number of rotatable bonds is 7. The van der Waals surface area contributed by atoms with Crippen molar-refractivity contribution >= 4 is 21.9 Å². The first-order chi connectivity index (χ1) is 11.0. The number of carbonyl (C=O) groups excluding carboxylic acids is 1. The summed E-state index contributed by atoms with van der Waals surface area (Å²) >= 11 is 0. The molecule has 1 rings (SSSR count). The Hall–Kier alpha value is -1.93. The topological polar surface area (TPSA) is 104 Å². The minimum Gasteiger partial charge on any atom is -0.480 e. The van der Waals surface area contributed by atoms with E-state index in [1.54, 1.807) is 27.7 Å². The molecule has 1 aromatic carbocycles. The average Bonchev–Trinajstić information content (AvgIpc) is 2.50. The number of nitrogens with one attached hydrogen (secondary N) is 1. The molecule has 0 fully saturated rings. The second-order valence-corrected chi connectivity index (χ2v) is 8.17. The Morgan fingerprint density at radius 1 is 1.08 bits per heavy atom. The summed E-state index contributed by atoms with van der Waals surface area (Å²) < 4.78 is 26.0. The minimum atomic E-state index is -3.62. The lowest BCUT2D eigenvalue weighted by Crippen LogP contribution is -2.44. The largest absolute Gasteiger partial charge is 0.480 e. The summed E-state index contributed by atoms with van der Waals surface area (Å²) in [6.45, 7) is 6.90. The second kappa shape index (κ2) is 7.76. The molecule has 0 aliphatic rings. The van der Waals surface area contributed by atoms with Gasteiger partial charge in [-0.25, -0.2) is 13.2 Å². The number of aliphatic carboxylic acids is 1. The molecule has 0 bridgehead atoms. The first-order valence-corrected chi connectivity index (χ1v) is 9.04. The Morgan fingerprint density at radius 3 is 1.96 bits per heavy atom. The molecule has 2 N–H and O–H groups in total. The number of sulfonamides is 1. The van der Waals surface area contributed by atoms with Gasteiger partial charge in [-0.3, -0.25) is 4.79 Å². The molecule has 0 aliphatic carbocycles. The summed E-state index contributed by atoms with van der Waals surface area (Å²) in [5, 5.41) is 11.5. The van der Waals surface area contributed by atoms with Gasteiger partial charge in [0.15, 0.2) is 0 Å². The molecule has 0 heterocycles. The average molecular weight is 356 g/mol. The van der Waals surface area contributed by atoms with Gasteiger partial charge >= 0.3 is 5.97 Å². The fourth-order valence-corrected chi connectivity index (χ4v) is 3.33. The Bertz CT molecular complexity index is 696. The van der Waals surface area contributed by atoms with Crippen LogP contribution in [0.5, 0.6) is 0 Å². The minimum absolute atomic E-state index is 0.0777. The lowest BCUT2D eigenvalue weighted by molar-refractivity contribution is -0.140. The fraction of sp³-hybridized carbons (Fsp3) is 0.500. The van der Waals surface area contributed by atoms with Crippen LogP contribution in [0, 0.1) is 5.92 Å². The van der Waals surface area contributed by atoms with Gasteiger partial charge in [0.2, 0.25) is 10.0 Å². The highest BCUT2D eigenvalue weighted by molar-refractivity contribution is 7.89. The lowest BCUT2D eigenvalue weighted by Gasteiger charge is -2.21. The van der Waals surface area contributed by atoms with E-state index in [0.29, 0.717) is 0 Å². The number of benzene rings is 1. The van der Waals surface area contributed by atoms with Crippen molar-refractivity contribution in [3.63, 3.8) is 0 Å². The van der Waals surface area contributed by atoms with Gasteiger partial charge in [0.1, 0.15) is 6.04 Å². The molecular formula is C16H24N2O5S. The summed E-state index contributed by atoms with van der Waals surface area (Å²) in [6, 6.07) is 4.22. The second-order valence-electron chi connectivity index (χ2n) is 6.17. The number of hydrogen-bond acceptors (Lipinski definition) is 4. The van der Waals surface area contributed by atoms with E-state index in [9.17, 15) is 18.0 Å². The Kier molecular flexibility index (Phi) is 6.50. The summed E-state index contributed by atoms with van der Waals surface area (Å²) in [7, 11) is -2.14. The quantitative estimate of drug-likeness (QED) is 0.771. The number of carboxylic acids is 1. The predicted octanol–water partition coefficient (Wildman–Crippen LogP) is 1.55. The van der Waals surface area contributed by atoms with Crippen LogP contribution in [0.15, 0.2) is 29.2 Å². The lowest BCUT2D eigenvalue weighted by atomic mass is 10.0. The van der Waals surface area contributed by atoms with Crippen LogP contribution in [0.2, 0.25) is 0 Å². The predicted molar refractivity (Wildman–Crippen MR) is 90.3 cm³/mol. The van der Waals surface area contributed by atoms with Crippen LogP contribution in [0.25, 0.3) is 0 Å². The number of hydrogen-bond donors (Lipinski definition) is 2. The van der Waals surface area contributed by atoms with Crippen LogP contribution in [0.3, 0.4) is 0 Å². The molecule has 1 atom stereocenters. The molecular weight excluding hydrogens is 332 g/mol. The Balaban J connectivity index is 2.99. The molecule has 134 valence electrons. The van der Waals surface area contributed by atoms with E-state index in [2.05, 4.69) is 5.32 Å². The highest BCUT2D eigenvalue weighted by atomic mass is 32.2. The van der Waals surface area contributed by atoms with E-state index in [-0.39, 0.29) is 22.4 Å². The zero-order chi connectivity index (χ0) is 18.7. The van der Waals surface area contributed by atoms with Gasteiger partial charge < -0.3 is 10.4 Å². The van der Waals surface area contributed by atoms with Crippen LogP contribution in [0.1, 0.15) is 38.1 Å². The molecule has 24 heavy (non-hydrogen) atoms. The molecule has 7 nitrogen and oxygen atoms in total. The fourth-order valence-electron chi connectivity index (χ4n) is 1.96. The number of carbonyl (C=O) groups is 2. The van der Waals surface area contributed by atoms with Crippen molar-refractivity contribution in [2.75, 3.05) is 7.05 Å². The van der Waals surface area contributed by atoms with Crippen molar-refractivity contribution in [2.24, 2.45) is 5.92 Å². The molecule has 0 unspecified atom stereocenters. The first-order valence-electron chi connectivity index (χ1n) is 7.60. The maximum absolute atomic E-state index is 12.4. The third-order valence-electron chi connectivity index (χ3n) is 3.74. The summed E-state index contributed by atoms with van der Waals surface area (Å²) in [5.41, 5.74) is 0.202. The van der Waals surface area contributed by atoms with E-state index in [1.807, 2.05) is 0 Å². The SMILES string of the molecule is CC(C)[C@@H](NC(=O)c1ccc(S(=O)(=O)N(C)C(C)C)cc1)C(=O)O. The van der Waals surface area contributed by atoms with Crippen LogP contribution in [-0.2, 0) is 14.8 Å². The number of amides is 1. The van der Waals surface area contributed by atoms with Crippen molar-refractivity contribution in [3.05, 3.63) is 29.8 Å². The maximum Gasteiger partial charge on any atom is 0.326 e. The van der Waals surface area contributed by atoms with E-state index >= 15 is 0 Å². The third kappa shape index (κ3) is 4.55. The third-order valence-corrected chi connectivity index (χ3v) is 5.79. The number of carboxylic acid groups (broad SMARTS) is 1. The van der Waals surface area contributed by atoms with Gasteiger partial charge in [-0.15, -0.1) is 0 Å². The van der Waals surface area contributed by atoms with Gasteiger partial charge in [0.25, 0.3) is 5.91 Å². The Morgan fingerprint density at radius 2 is 1.58 bits per heavy atom. The smallest absolute Gasteiger partial charge is 0.326 e. The summed E-state index contributed by atoms with van der Waals surface area (Å²) in [5.74, 6) is -1.95.